The first-order chi connectivity index (χ1) is 15.1. The molecule has 0 radical (unpaired) electrons. The highest BCUT2D eigenvalue weighted by Crippen LogP contribution is 2.29. The summed E-state index contributed by atoms with van der Waals surface area (Å²) in [6, 6.07) is 15.5. The van der Waals surface area contributed by atoms with Gasteiger partial charge in [-0.2, -0.15) is 0 Å². The smallest absolute Gasteiger partial charge is 0.303 e. The highest BCUT2D eigenvalue weighted by atomic mass is 16.5. The molecule has 31 heavy (non-hydrogen) atoms. The summed E-state index contributed by atoms with van der Waals surface area (Å²) in [4.78, 5) is 23.4. The first-order valence-electron chi connectivity index (χ1n) is 11.1. The van der Waals surface area contributed by atoms with Crippen molar-refractivity contribution in [2.75, 3.05) is 6.61 Å². The van der Waals surface area contributed by atoms with Gasteiger partial charge in [0.1, 0.15) is 17.1 Å². The summed E-state index contributed by atoms with van der Waals surface area (Å²) >= 11 is 0. The Morgan fingerprint density at radius 3 is 2.55 bits per heavy atom. The van der Waals surface area contributed by atoms with Gasteiger partial charge >= 0.3 is 5.97 Å². The lowest BCUT2D eigenvalue weighted by atomic mass is 10.0. The normalized spacial score (nSPS) is 11.0. The van der Waals surface area contributed by atoms with Gasteiger partial charge in [-0.3, -0.25) is 9.59 Å². The number of carboxylic acid groups (broad SMARTS) is 1. The van der Waals surface area contributed by atoms with E-state index in [1.54, 1.807) is 6.07 Å². The van der Waals surface area contributed by atoms with Crippen molar-refractivity contribution in [1.82, 2.24) is 0 Å². The van der Waals surface area contributed by atoms with Gasteiger partial charge in [0.2, 0.25) is 0 Å². The van der Waals surface area contributed by atoms with Crippen LogP contribution in [0.2, 0.25) is 0 Å². The molecule has 5 nitrogen and oxygen atoms in total. The molecular weight excluding hydrogens is 392 g/mol. The van der Waals surface area contributed by atoms with Crippen molar-refractivity contribution < 1.29 is 19.1 Å². The van der Waals surface area contributed by atoms with E-state index in [2.05, 4.69) is 31.2 Å². The number of ether oxygens (including phenoxy) is 1. The molecule has 3 aromatic rings. The number of fused-ring (bicyclic) bond motifs is 1. The lowest BCUT2D eigenvalue weighted by molar-refractivity contribution is -0.137. The van der Waals surface area contributed by atoms with E-state index in [0.29, 0.717) is 23.3 Å². The van der Waals surface area contributed by atoms with Gasteiger partial charge in [-0.15, -0.1) is 0 Å². The van der Waals surface area contributed by atoms with E-state index in [0.717, 1.165) is 49.8 Å². The number of unbranched alkanes of at least 4 members (excludes halogenated alkanes) is 2. The molecule has 5 heteroatoms. The third-order valence-electron chi connectivity index (χ3n) is 5.30. The molecule has 0 aliphatic heterocycles. The van der Waals surface area contributed by atoms with Gasteiger partial charge < -0.3 is 14.3 Å². The first-order valence-corrected chi connectivity index (χ1v) is 11.1. The van der Waals surface area contributed by atoms with Crippen molar-refractivity contribution in [3.8, 4) is 5.75 Å². The zero-order chi connectivity index (χ0) is 22.1. The third-order valence-corrected chi connectivity index (χ3v) is 5.30. The van der Waals surface area contributed by atoms with Crippen LogP contribution in [-0.2, 0) is 24.1 Å². The van der Waals surface area contributed by atoms with Crippen LogP contribution in [0.4, 0.5) is 0 Å². The SMILES string of the molecule is CCCc1c(OCCCCCc2ccccc2)ccc2c(=O)cc(CCC(=O)O)oc12. The summed E-state index contributed by atoms with van der Waals surface area (Å²) in [6.45, 7) is 2.68. The van der Waals surface area contributed by atoms with Crippen LogP contribution >= 0.6 is 0 Å². The van der Waals surface area contributed by atoms with Crippen LogP contribution in [0.25, 0.3) is 11.0 Å². The van der Waals surface area contributed by atoms with E-state index in [1.807, 2.05) is 12.1 Å². The molecule has 1 heterocycles. The predicted octanol–water partition coefficient (Wildman–Crippen LogP) is 5.55. The first kappa shape index (κ1) is 22.6. The Balaban J connectivity index is 1.66. The summed E-state index contributed by atoms with van der Waals surface area (Å²) in [7, 11) is 0. The minimum atomic E-state index is -0.916. The Bertz CT molecular complexity index is 1050. The van der Waals surface area contributed by atoms with Crippen LogP contribution in [-0.4, -0.2) is 17.7 Å². The Morgan fingerprint density at radius 2 is 1.81 bits per heavy atom. The monoisotopic (exact) mass is 422 g/mol. The number of rotatable bonds is 12. The summed E-state index contributed by atoms with van der Waals surface area (Å²) in [5, 5.41) is 9.44. The molecule has 1 N–H and O–H groups in total. The molecule has 0 spiro atoms. The quantitative estimate of drug-likeness (QED) is 0.387. The fraction of sp³-hybridized carbons (Fsp3) is 0.385. The average Bonchev–Trinajstić information content (AvgIpc) is 2.76. The number of aryl methyl sites for hydroxylation is 3. The van der Waals surface area contributed by atoms with E-state index >= 15 is 0 Å². The number of carbonyl (C=O) groups is 1. The average molecular weight is 423 g/mol. The van der Waals surface area contributed by atoms with Gasteiger partial charge in [-0.1, -0.05) is 43.7 Å². The molecule has 2 aromatic carbocycles. The molecular formula is C26H30O5. The van der Waals surface area contributed by atoms with E-state index in [1.165, 1.54) is 11.6 Å². The summed E-state index contributed by atoms with van der Waals surface area (Å²) < 4.78 is 12.0. The Morgan fingerprint density at radius 1 is 1.00 bits per heavy atom. The number of benzene rings is 2. The molecule has 0 bridgehead atoms. The van der Waals surface area contributed by atoms with Gasteiger partial charge in [-0.05, 0) is 49.8 Å². The zero-order valence-corrected chi connectivity index (χ0v) is 18.1. The van der Waals surface area contributed by atoms with Gasteiger partial charge in [0.05, 0.1) is 18.4 Å². The second-order valence-corrected chi connectivity index (χ2v) is 7.78. The molecule has 1 aromatic heterocycles. The highest BCUT2D eigenvalue weighted by molar-refractivity contribution is 5.82. The summed E-state index contributed by atoms with van der Waals surface area (Å²) in [5.41, 5.74) is 2.62. The molecule has 164 valence electrons. The second kappa shape index (κ2) is 11.3. The summed E-state index contributed by atoms with van der Waals surface area (Å²) in [5.74, 6) is 0.229. The van der Waals surface area contributed by atoms with E-state index in [4.69, 9.17) is 14.3 Å². The minimum Gasteiger partial charge on any atom is -0.493 e. The number of aliphatic carboxylic acids is 1. The van der Waals surface area contributed by atoms with Crippen molar-refractivity contribution in [1.29, 1.82) is 0 Å². The van der Waals surface area contributed by atoms with Crippen LogP contribution in [0.3, 0.4) is 0 Å². The molecule has 0 saturated carbocycles. The van der Waals surface area contributed by atoms with E-state index in [-0.39, 0.29) is 18.3 Å². The Kier molecular flexibility index (Phi) is 8.27. The summed E-state index contributed by atoms with van der Waals surface area (Å²) in [6.07, 6.45) is 5.97. The molecule has 0 atom stereocenters. The van der Waals surface area contributed by atoms with E-state index in [9.17, 15) is 9.59 Å². The maximum atomic E-state index is 12.5. The van der Waals surface area contributed by atoms with Crippen molar-refractivity contribution in [2.45, 2.75) is 58.3 Å². The third kappa shape index (κ3) is 6.45. The lowest BCUT2D eigenvalue weighted by Crippen LogP contribution is -2.07. The molecule has 0 fully saturated rings. The maximum Gasteiger partial charge on any atom is 0.303 e. The van der Waals surface area contributed by atoms with Crippen molar-refractivity contribution in [3.63, 3.8) is 0 Å². The van der Waals surface area contributed by atoms with Crippen LogP contribution in [0, 0.1) is 0 Å². The largest absolute Gasteiger partial charge is 0.493 e. The standard InChI is InChI=1S/C26H30O5/c1-2-9-22-24(30-17-8-4-7-12-19-10-5-3-6-11-19)15-14-21-23(27)18-20(31-26(21)22)13-16-25(28)29/h3,5-6,10-11,14-15,18H,2,4,7-9,12-13,16-17H2,1H3,(H,28,29). The van der Waals surface area contributed by atoms with E-state index < -0.39 is 5.97 Å². The Labute approximate surface area is 182 Å². The van der Waals surface area contributed by atoms with Crippen molar-refractivity contribution >= 4 is 16.9 Å². The number of carboxylic acids is 1. The van der Waals surface area contributed by atoms with Crippen molar-refractivity contribution in [2.24, 2.45) is 0 Å². The topological polar surface area (TPSA) is 76.7 Å². The number of hydrogen-bond donors (Lipinski definition) is 1. The number of hydrogen-bond acceptors (Lipinski definition) is 4. The zero-order valence-electron chi connectivity index (χ0n) is 18.1. The molecule has 3 rings (SSSR count). The van der Waals surface area contributed by atoms with Gasteiger partial charge in [0.25, 0.3) is 0 Å². The molecule has 0 aliphatic carbocycles. The minimum absolute atomic E-state index is 0.0727. The molecule has 0 saturated heterocycles. The predicted molar refractivity (Wildman–Crippen MR) is 122 cm³/mol. The second-order valence-electron chi connectivity index (χ2n) is 7.78. The van der Waals surface area contributed by atoms with Gasteiger partial charge in [0.15, 0.2) is 5.43 Å². The molecule has 0 unspecified atom stereocenters. The molecule has 0 amide bonds. The van der Waals surface area contributed by atoms with Crippen LogP contribution in [0.15, 0.2) is 57.7 Å². The van der Waals surface area contributed by atoms with Crippen molar-refractivity contribution in [3.05, 3.63) is 75.6 Å². The fourth-order valence-corrected chi connectivity index (χ4v) is 3.71. The maximum absolute atomic E-state index is 12.5. The molecule has 0 aliphatic rings. The lowest BCUT2D eigenvalue weighted by Gasteiger charge is -2.14. The van der Waals surface area contributed by atoms with Crippen LogP contribution < -0.4 is 10.2 Å². The van der Waals surface area contributed by atoms with Crippen LogP contribution in [0.1, 0.15) is 55.9 Å². The van der Waals surface area contributed by atoms with Gasteiger partial charge in [-0.25, -0.2) is 0 Å². The highest BCUT2D eigenvalue weighted by Gasteiger charge is 2.15. The van der Waals surface area contributed by atoms with Gasteiger partial charge in [0, 0.05) is 18.1 Å². The Hall–Kier alpha value is -3.08. The fourth-order valence-electron chi connectivity index (χ4n) is 3.71. The van der Waals surface area contributed by atoms with Crippen LogP contribution in [0.5, 0.6) is 5.75 Å².